The van der Waals surface area contributed by atoms with Gasteiger partial charge in [-0.2, -0.15) is 8.42 Å². The first-order valence-electron chi connectivity index (χ1n) is 11.5. The molecule has 2 spiro atoms. The van der Waals surface area contributed by atoms with Gasteiger partial charge in [-0.15, -0.1) is 0 Å². The number of rotatable bonds is 3. The van der Waals surface area contributed by atoms with Crippen molar-refractivity contribution < 1.29 is 25.9 Å². The highest BCUT2D eigenvalue weighted by atomic mass is 35.5. The minimum Gasteiger partial charge on any atom is -0.743 e. The lowest BCUT2D eigenvalue weighted by molar-refractivity contribution is 0.0675. The number of fused-ring (bicyclic) bond motifs is 4. The van der Waals surface area contributed by atoms with Crippen molar-refractivity contribution in [2.75, 3.05) is 13.1 Å². The molecule has 0 amide bonds. The average molecular weight is 623 g/mol. The number of thioether (sulfide) groups is 2. The Labute approximate surface area is 234 Å². The fraction of sp³-hybridized carbons (Fsp3) is 0.391. The number of halogens is 2. The van der Waals surface area contributed by atoms with E-state index in [2.05, 4.69) is 0 Å². The summed E-state index contributed by atoms with van der Waals surface area (Å²) in [4.78, 5) is -1.54. The van der Waals surface area contributed by atoms with Crippen molar-refractivity contribution in [3.63, 3.8) is 0 Å². The van der Waals surface area contributed by atoms with E-state index < -0.39 is 35.4 Å². The second kappa shape index (κ2) is 7.90. The van der Waals surface area contributed by atoms with Crippen LogP contribution in [0.3, 0.4) is 0 Å². The summed E-state index contributed by atoms with van der Waals surface area (Å²) in [6.45, 7) is 3.82. The predicted molar refractivity (Wildman–Crippen MR) is 147 cm³/mol. The van der Waals surface area contributed by atoms with Crippen molar-refractivity contribution in [3.05, 3.63) is 57.5 Å². The van der Waals surface area contributed by atoms with Crippen molar-refractivity contribution in [2.45, 2.75) is 51.6 Å². The Hall–Kier alpha value is -0.800. The molecule has 4 heterocycles. The summed E-state index contributed by atoms with van der Waals surface area (Å²) in [5, 5.41) is 0.987. The second-order valence-corrected chi connectivity index (χ2v) is 17.0. The van der Waals surface area contributed by atoms with Crippen LogP contribution in [-0.4, -0.2) is 54.1 Å². The third-order valence-corrected chi connectivity index (χ3v) is 15.1. The molecule has 0 aliphatic carbocycles. The monoisotopic (exact) mass is 621 g/mol. The maximum atomic E-state index is 12.8. The SMILES string of the molecule is CC1(S(=O)(=O)[O-])CC[N+]12C(=CC1Sc3ccc(Cl)cc3[N+]13CCC3(C)S(=O)(=O)O)Sc1ccc(Cl)cc12. The van der Waals surface area contributed by atoms with Gasteiger partial charge in [-0.1, -0.05) is 35.0 Å². The molecule has 0 aromatic heterocycles. The fourth-order valence-electron chi connectivity index (χ4n) is 6.35. The standard InChI is InChI=1S/C23H22Cl2N2O6S4/c1-22(36(28,29)30)7-9-26(22)16-11-14(24)3-5-18(16)34-20(26)13-21-27(10-8-23(27,2)37(31,32)33)17-12-15(25)4-6-19(17)35-21/h3-6,11-13,20H,7-10H2,1-2H3/p+1. The Bertz CT molecular complexity index is 1630. The van der Waals surface area contributed by atoms with Crippen LogP contribution in [-0.2, 0) is 20.2 Å². The molecule has 8 nitrogen and oxygen atoms in total. The van der Waals surface area contributed by atoms with Crippen LogP contribution in [0, 0.1) is 0 Å². The van der Waals surface area contributed by atoms with Crippen LogP contribution in [0.5, 0.6) is 0 Å². The Morgan fingerprint density at radius 2 is 1.57 bits per heavy atom. The van der Waals surface area contributed by atoms with Crippen molar-refractivity contribution in [3.8, 4) is 0 Å². The molecule has 14 heteroatoms. The molecule has 2 fully saturated rings. The first-order chi connectivity index (χ1) is 17.1. The zero-order valence-corrected chi connectivity index (χ0v) is 24.5. The van der Waals surface area contributed by atoms with Crippen LogP contribution < -0.4 is 8.97 Å². The molecule has 5 unspecified atom stereocenters. The summed E-state index contributed by atoms with van der Waals surface area (Å²) < 4.78 is 73.5. The number of benzene rings is 2. The van der Waals surface area contributed by atoms with E-state index in [-0.39, 0.29) is 21.8 Å². The van der Waals surface area contributed by atoms with Gasteiger partial charge in [0.15, 0.2) is 31.9 Å². The van der Waals surface area contributed by atoms with E-state index >= 15 is 0 Å². The summed E-state index contributed by atoms with van der Waals surface area (Å²) in [5.41, 5.74) is 1.34. The van der Waals surface area contributed by atoms with E-state index in [0.29, 0.717) is 39.5 Å². The highest BCUT2D eigenvalue weighted by molar-refractivity contribution is 8.04. The van der Waals surface area contributed by atoms with Crippen molar-refractivity contribution in [2.24, 2.45) is 0 Å². The second-order valence-electron chi connectivity index (χ2n) is 10.2. The van der Waals surface area contributed by atoms with E-state index in [1.165, 1.54) is 37.4 Å². The molecule has 4 aliphatic heterocycles. The summed E-state index contributed by atoms with van der Waals surface area (Å²) in [5.74, 6) is 0. The van der Waals surface area contributed by atoms with Crippen LogP contribution in [0.1, 0.15) is 26.7 Å². The van der Waals surface area contributed by atoms with Crippen molar-refractivity contribution in [1.82, 2.24) is 8.97 Å². The summed E-state index contributed by atoms with van der Waals surface area (Å²) >= 11 is 15.5. The molecule has 37 heavy (non-hydrogen) atoms. The third kappa shape index (κ3) is 3.14. The molecular weight excluding hydrogens is 599 g/mol. The van der Waals surface area contributed by atoms with Gasteiger partial charge in [-0.25, -0.2) is 12.9 Å². The lowest BCUT2D eigenvalue weighted by atomic mass is 9.94. The number of quaternary nitrogens is 2. The van der Waals surface area contributed by atoms with E-state index in [4.69, 9.17) is 23.2 Å². The van der Waals surface area contributed by atoms with Crippen LogP contribution in [0.15, 0.2) is 57.3 Å². The lowest BCUT2D eigenvalue weighted by Crippen LogP contribution is -2.79. The summed E-state index contributed by atoms with van der Waals surface area (Å²) in [6.07, 6.45) is 2.31. The number of hydrogen-bond donors (Lipinski definition) is 1. The van der Waals surface area contributed by atoms with E-state index in [0.717, 1.165) is 9.79 Å². The Balaban J connectivity index is 1.58. The van der Waals surface area contributed by atoms with E-state index in [1.54, 1.807) is 24.3 Å². The largest absolute Gasteiger partial charge is 0.743 e. The van der Waals surface area contributed by atoms with E-state index in [1.807, 2.05) is 18.2 Å². The molecule has 198 valence electrons. The van der Waals surface area contributed by atoms with Crippen molar-refractivity contribution >= 4 is 78.3 Å². The molecule has 4 aliphatic rings. The number of hydrogen-bond acceptors (Lipinski definition) is 7. The van der Waals surface area contributed by atoms with Crippen molar-refractivity contribution in [1.29, 1.82) is 0 Å². The molecule has 1 N–H and O–H groups in total. The van der Waals surface area contributed by atoms with Crippen LogP contribution in [0.25, 0.3) is 0 Å². The minimum absolute atomic E-state index is 0.0750. The first kappa shape index (κ1) is 26.4. The molecule has 6 rings (SSSR count). The molecular formula is C23H23Cl2N2O6S4+. The Morgan fingerprint density at radius 1 is 0.973 bits per heavy atom. The Morgan fingerprint density at radius 3 is 2.08 bits per heavy atom. The van der Waals surface area contributed by atoms with Gasteiger partial charge < -0.3 is 4.55 Å². The smallest absolute Gasteiger partial charge is 0.322 e. The maximum Gasteiger partial charge on any atom is 0.322 e. The van der Waals surface area contributed by atoms with Gasteiger partial charge in [-0.3, -0.25) is 9.04 Å². The van der Waals surface area contributed by atoms with Gasteiger partial charge in [0.1, 0.15) is 0 Å². The maximum absolute atomic E-state index is 12.8. The predicted octanol–water partition coefficient (Wildman–Crippen LogP) is 5.36. The Kier molecular flexibility index (Phi) is 5.64. The van der Waals surface area contributed by atoms with Gasteiger partial charge in [0.2, 0.25) is 9.74 Å². The van der Waals surface area contributed by atoms with E-state index in [9.17, 15) is 25.9 Å². The van der Waals surface area contributed by atoms with Crippen LogP contribution in [0.2, 0.25) is 10.0 Å². The van der Waals surface area contributed by atoms with Gasteiger partial charge in [0.25, 0.3) is 0 Å². The normalized spacial score (nSPS) is 37.5. The molecule has 2 aromatic rings. The number of nitrogens with zero attached hydrogens (tertiary/aromatic N) is 2. The summed E-state index contributed by atoms with van der Waals surface area (Å²) in [6, 6.07) is 10.5. The zero-order chi connectivity index (χ0) is 26.8. The topological polar surface area (TPSA) is 112 Å². The van der Waals surface area contributed by atoms with Gasteiger partial charge >= 0.3 is 10.1 Å². The highest BCUT2D eigenvalue weighted by Gasteiger charge is 2.73. The highest BCUT2D eigenvalue weighted by Crippen LogP contribution is 2.65. The van der Waals surface area contributed by atoms with Crippen LogP contribution in [0.4, 0.5) is 11.4 Å². The minimum atomic E-state index is -4.75. The third-order valence-electron chi connectivity index (χ3n) is 8.83. The van der Waals surface area contributed by atoms with Gasteiger partial charge in [-0.05, 0) is 36.0 Å². The first-order valence-corrected chi connectivity index (χ1v) is 16.8. The molecule has 0 radical (unpaired) electrons. The molecule has 0 saturated carbocycles. The molecule has 2 saturated heterocycles. The summed E-state index contributed by atoms with van der Waals surface area (Å²) in [7, 11) is -9.24. The quantitative estimate of drug-likeness (QED) is 0.360. The fourth-order valence-corrected chi connectivity index (χ4v) is 12.0. The lowest BCUT2D eigenvalue weighted by Gasteiger charge is -2.58. The molecule has 5 atom stereocenters. The average Bonchev–Trinajstić information content (AvgIpc) is 3.29. The molecule has 0 bridgehead atoms. The molecule has 2 aromatic carbocycles. The van der Waals surface area contributed by atoms with Crippen LogP contribution >= 0.6 is 46.7 Å². The van der Waals surface area contributed by atoms with Gasteiger partial charge in [0, 0.05) is 36.0 Å². The zero-order valence-electron chi connectivity index (χ0n) is 19.7. The van der Waals surface area contributed by atoms with Gasteiger partial charge in [0.05, 0.1) is 41.8 Å².